The van der Waals surface area contributed by atoms with Crippen molar-refractivity contribution >= 4 is 44.3 Å². The molecule has 180 valence electrons. The average Bonchev–Trinajstić information content (AvgIpc) is 3.50. The van der Waals surface area contributed by atoms with E-state index >= 15 is 0 Å². The molecule has 0 aliphatic rings. The number of imidazole rings is 1. The third kappa shape index (κ3) is 3.97. The number of ether oxygens (including phenoxy) is 1. The fourth-order valence-corrected chi connectivity index (χ4v) is 5.62. The van der Waals surface area contributed by atoms with Gasteiger partial charge in [0.05, 0.1) is 22.1 Å². The summed E-state index contributed by atoms with van der Waals surface area (Å²) in [7, 11) is 0. The predicted octanol–water partition coefficient (Wildman–Crippen LogP) is 5.79. The summed E-state index contributed by atoms with van der Waals surface area (Å²) in [6.45, 7) is 7.89. The molecule has 0 aliphatic heterocycles. The lowest BCUT2D eigenvalue weighted by molar-refractivity contribution is 0.300. The Kier molecular flexibility index (Phi) is 5.41. The molecule has 36 heavy (non-hydrogen) atoms. The van der Waals surface area contributed by atoms with E-state index in [-0.39, 0.29) is 11.0 Å². The monoisotopic (exact) mass is 493 g/mol. The molecule has 6 heteroatoms. The van der Waals surface area contributed by atoms with Crippen molar-refractivity contribution < 1.29 is 4.74 Å². The van der Waals surface area contributed by atoms with Gasteiger partial charge in [0.25, 0.3) is 5.56 Å². The number of thiazole rings is 1. The molecular formula is C30H27N3O2S. The Morgan fingerprint density at radius 3 is 2.44 bits per heavy atom. The van der Waals surface area contributed by atoms with Crippen LogP contribution in [0.5, 0.6) is 5.75 Å². The van der Waals surface area contributed by atoms with Gasteiger partial charge in [-0.15, -0.1) is 0 Å². The van der Waals surface area contributed by atoms with Crippen LogP contribution in [0.25, 0.3) is 33.0 Å². The summed E-state index contributed by atoms with van der Waals surface area (Å²) in [6.07, 6.45) is 4.10. The van der Waals surface area contributed by atoms with Crippen LogP contribution >= 0.6 is 11.3 Å². The van der Waals surface area contributed by atoms with Crippen LogP contribution in [-0.4, -0.2) is 20.6 Å². The molecule has 0 fully saturated rings. The van der Waals surface area contributed by atoms with Crippen LogP contribution in [0.2, 0.25) is 0 Å². The number of nitrogens with zero attached hydrogens (tertiary/aromatic N) is 3. The van der Waals surface area contributed by atoms with E-state index in [2.05, 4.69) is 60.8 Å². The highest BCUT2D eigenvalue weighted by molar-refractivity contribution is 7.15. The van der Waals surface area contributed by atoms with Gasteiger partial charge in [-0.3, -0.25) is 4.79 Å². The van der Waals surface area contributed by atoms with Crippen LogP contribution in [0, 0.1) is 0 Å². The van der Waals surface area contributed by atoms with Gasteiger partial charge in [-0.25, -0.2) is 9.38 Å². The van der Waals surface area contributed by atoms with E-state index in [9.17, 15) is 4.79 Å². The van der Waals surface area contributed by atoms with E-state index in [1.807, 2.05) is 54.6 Å². The topological polar surface area (TPSA) is 48.5 Å². The van der Waals surface area contributed by atoms with Crippen LogP contribution in [0.1, 0.15) is 31.9 Å². The summed E-state index contributed by atoms with van der Waals surface area (Å²) in [5.74, 6) is 0.872. The summed E-state index contributed by atoms with van der Waals surface area (Å²) >= 11 is 1.43. The number of benzene rings is 3. The molecule has 0 saturated carbocycles. The van der Waals surface area contributed by atoms with Crippen molar-refractivity contribution in [2.45, 2.75) is 32.7 Å². The lowest BCUT2D eigenvalue weighted by Crippen LogP contribution is -2.22. The van der Waals surface area contributed by atoms with E-state index in [4.69, 9.17) is 4.74 Å². The summed E-state index contributed by atoms with van der Waals surface area (Å²) in [5, 5.41) is 1.11. The first kappa shape index (κ1) is 22.6. The fraction of sp³-hybridized carbons (Fsp3) is 0.200. The average molecular weight is 494 g/mol. The number of aromatic nitrogens is 3. The molecule has 6 aromatic rings. The molecule has 0 bridgehead atoms. The molecule has 0 atom stereocenters. The van der Waals surface area contributed by atoms with Gasteiger partial charge in [0.1, 0.15) is 12.4 Å². The maximum absolute atomic E-state index is 13.2. The first-order chi connectivity index (χ1) is 17.4. The Labute approximate surface area is 212 Å². The Morgan fingerprint density at radius 2 is 1.67 bits per heavy atom. The predicted molar refractivity (Wildman–Crippen MR) is 148 cm³/mol. The molecule has 3 aromatic carbocycles. The number of para-hydroxylation sites is 3. The number of rotatable bonds is 5. The SMILES string of the molecule is CC(C)(C)c1ccc(OCCn2cc(C=c3sc4nc5ccccc5n4c3=O)c3ccccc32)cc1. The standard InChI is InChI=1S/C30H27N3O2S/c1-30(2,3)21-12-14-22(15-13-21)35-17-16-32-19-20(23-8-4-6-10-25(23)32)18-27-28(34)33-26-11-7-5-9-24(26)31-29(33)36-27/h4-15,18-19H,16-17H2,1-3H3. The molecule has 6 rings (SSSR count). The van der Waals surface area contributed by atoms with Gasteiger partial charge >= 0.3 is 0 Å². The summed E-state index contributed by atoms with van der Waals surface area (Å²) in [4.78, 5) is 18.6. The fourth-order valence-electron chi connectivity index (χ4n) is 4.64. The number of hydrogen-bond donors (Lipinski definition) is 0. The maximum atomic E-state index is 13.2. The molecule has 5 nitrogen and oxygen atoms in total. The van der Waals surface area contributed by atoms with E-state index in [0.29, 0.717) is 17.7 Å². The smallest absolute Gasteiger partial charge is 0.274 e. The molecule has 0 radical (unpaired) electrons. The Bertz CT molecular complexity index is 1820. The van der Waals surface area contributed by atoms with Gasteiger partial charge in [-0.1, -0.05) is 74.6 Å². The Hall–Kier alpha value is -3.90. The zero-order chi connectivity index (χ0) is 24.9. The van der Waals surface area contributed by atoms with E-state index in [1.165, 1.54) is 16.9 Å². The number of fused-ring (bicyclic) bond motifs is 4. The molecular weight excluding hydrogens is 466 g/mol. The molecule has 3 aromatic heterocycles. The largest absolute Gasteiger partial charge is 0.492 e. The first-order valence-corrected chi connectivity index (χ1v) is 12.9. The van der Waals surface area contributed by atoms with Crippen molar-refractivity contribution in [2.75, 3.05) is 6.61 Å². The summed E-state index contributed by atoms with van der Waals surface area (Å²) < 4.78 is 10.6. The van der Waals surface area contributed by atoms with Crippen molar-refractivity contribution in [3.63, 3.8) is 0 Å². The zero-order valence-corrected chi connectivity index (χ0v) is 21.4. The lowest BCUT2D eigenvalue weighted by atomic mass is 9.87. The maximum Gasteiger partial charge on any atom is 0.274 e. The first-order valence-electron chi connectivity index (χ1n) is 12.1. The van der Waals surface area contributed by atoms with E-state index in [1.54, 1.807) is 4.40 Å². The molecule has 0 saturated heterocycles. The van der Waals surface area contributed by atoms with Crippen LogP contribution in [0.15, 0.2) is 83.8 Å². The Balaban J connectivity index is 1.30. The summed E-state index contributed by atoms with van der Waals surface area (Å²) in [6, 6.07) is 24.4. The molecule has 3 heterocycles. The van der Waals surface area contributed by atoms with Gasteiger partial charge < -0.3 is 9.30 Å². The van der Waals surface area contributed by atoms with E-state index < -0.39 is 0 Å². The lowest BCUT2D eigenvalue weighted by Gasteiger charge is -2.19. The molecule has 0 spiro atoms. The second-order valence-electron chi connectivity index (χ2n) is 10.1. The van der Waals surface area contributed by atoms with Gasteiger partial charge in [0, 0.05) is 22.7 Å². The number of hydrogen-bond acceptors (Lipinski definition) is 4. The van der Waals surface area contributed by atoms with Crippen LogP contribution in [0.4, 0.5) is 0 Å². The second kappa shape index (κ2) is 8.64. The summed E-state index contributed by atoms with van der Waals surface area (Å²) in [5.41, 5.74) is 5.22. The molecule has 0 N–H and O–H groups in total. The van der Waals surface area contributed by atoms with Gasteiger partial charge in [0.15, 0.2) is 4.96 Å². The highest BCUT2D eigenvalue weighted by Crippen LogP contribution is 2.25. The van der Waals surface area contributed by atoms with Crippen molar-refractivity contribution in [1.29, 1.82) is 0 Å². The van der Waals surface area contributed by atoms with Crippen LogP contribution in [-0.2, 0) is 12.0 Å². The second-order valence-corrected chi connectivity index (χ2v) is 11.1. The minimum Gasteiger partial charge on any atom is -0.492 e. The van der Waals surface area contributed by atoms with Gasteiger partial charge in [0.2, 0.25) is 0 Å². The van der Waals surface area contributed by atoms with Crippen molar-refractivity contribution in [3.05, 3.63) is 105 Å². The molecule has 0 amide bonds. The van der Waals surface area contributed by atoms with Gasteiger partial charge in [-0.05, 0) is 47.4 Å². The van der Waals surface area contributed by atoms with Crippen molar-refractivity contribution in [2.24, 2.45) is 0 Å². The quantitative estimate of drug-likeness (QED) is 0.306. The minimum absolute atomic E-state index is 0.0254. The highest BCUT2D eigenvalue weighted by Gasteiger charge is 2.14. The van der Waals surface area contributed by atoms with Crippen molar-refractivity contribution in [3.8, 4) is 5.75 Å². The van der Waals surface area contributed by atoms with Gasteiger partial charge in [-0.2, -0.15) is 0 Å². The zero-order valence-electron chi connectivity index (χ0n) is 20.6. The van der Waals surface area contributed by atoms with Crippen LogP contribution in [0.3, 0.4) is 0 Å². The third-order valence-corrected chi connectivity index (χ3v) is 7.54. The third-order valence-electron chi connectivity index (χ3n) is 6.57. The van der Waals surface area contributed by atoms with E-state index in [0.717, 1.165) is 38.2 Å². The Morgan fingerprint density at radius 1 is 0.944 bits per heavy atom. The molecule has 0 aliphatic carbocycles. The molecule has 0 unspecified atom stereocenters. The van der Waals surface area contributed by atoms with Crippen LogP contribution < -0.4 is 14.8 Å². The van der Waals surface area contributed by atoms with Crippen molar-refractivity contribution in [1.82, 2.24) is 14.0 Å². The highest BCUT2D eigenvalue weighted by atomic mass is 32.1. The minimum atomic E-state index is -0.0254. The normalized spacial score (nSPS) is 12.8.